The van der Waals surface area contributed by atoms with Crippen molar-refractivity contribution >= 4 is 17.9 Å². The average molecular weight is 334 g/mol. The highest BCUT2D eigenvalue weighted by Crippen LogP contribution is 2.55. The van der Waals surface area contributed by atoms with Gasteiger partial charge in [-0.2, -0.15) is 0 Å². The molecule has 5 fully saturated rings. The van der Waals surface area contributed by atoms with Crippen LogP contribution in [0.4, 0.5) is 4.79 Å². The summed E-state index contributed by atoms with van der Waals surface area (Å²) >= 11 is 0. The Labute approximate surface area is 142 Å². The highest BCUT2D eigenvalue weighted by molar-refractivity contribution is 5.96. The number of rotatable bonds is 4. The number of amides is 3. The molecule has 5 rings (SSSR count). The molecule has 0 aromatic heterocycles. The molecule has 0 aliphatic heterocycles. The van der Waals surface area contributed by atoms with Crippen molar-refractivity contribution in [3.05, 3.63) is 0 Å². The Morgan fingerprint density at radius 3 is 2.04 bits per heavy atom. The normalized spacial score (nSPS) is 41.6. The molecule has 0 radical (unpaired) electrons. The maximum Gasteiger partial charge on any atom is 0.321 e. The second-order valence-electron chi connectivity index (χ2n) is 8.63. The van der Waals surface area contributed by atoms with E-state index in [1.807, 2.05) is 6.92 Å². The number of urea groups is 1. The van der Waals surface area contributed by atoms with Gasteiger partial charge in [-0.15, -0.1) is 0 Å². The minimum atomic E-state index is -0.557. The molecule has 5 saturated carbocycles. The highest BCUT2D eigenvalue weighted by atomic mass is 16.5. The largest absolute Gasteiger partial charge is 0.455 e. The Bertz CT molecular complexity index is 538. The SMILES string of the molecule is C[C@@H]1C[C@@H]1C(=O)OCC(=O)NC(=O)NC12CC3CC(CC(C3)C1)C2. The number of esters is 1. The lowest BCUT2D eigenvalue weighted by atomic mass is 9.53. The summed E-state index contributed by atoms with van der Waals surface area (Å²) in [7, 11) is 0. The van der Waals surface area contributed by atoms with Crippen LogP contribution < -0.4 is 10.6 Å². The maximum atomic E-state index is 12.2. The molecule has 0 saturated heterocycles. The van der Waals surface area contributed by atoms with Crippen LogP contribution in [0.2, 0.25) is 0 Å². The van der Waals surface area contributed by atoms with Crippen LogP contribution in [0.3, 0.4) is 0 Å². The van der Waals surface area contributed by atoms with Crippen LogP contribution >= 0.6 is 0 Å². The van der Waals surface area contributed by atoms with E-state index in [0.29, 0.717) is 5.92 Å². The van der Waals surface area contributed by atoms with Crippen LogP contribution in [0.15, 0.2) is 0 Å². The van der Waals surface area contributed by atoms with Gasteiger partial charge in [-0.3, -0.25) is 14.9 Å². The van der Waals surface area contributed by atoms with Gasteiger partial charge in [0.1, 0.15) is 0 Å². The van der Waals surface area contributed by atoms with E-state index in [2.05, 4.69) is 10.6 Å². The Morgan fingerprint density at radius 1 is 1.00 bits per heavy atom. The first-order chi connectivity index (χ1) is 11.4. The van der Waals surface area contributed by atoms with Crippen molar-refractivity contribution in [1.82, 2.24) is 10.6 Å². The van der Waals surface area contributed by atoms with E-state index in [9.17, 15) is 14.4 Å². The molecule has 4 bridgehead atoms. The van der Waals surface area contributed by atoms with Crippen LogP contribution in [0, 0.1) is 29.6 Å². The Hall–Kier alpha value is -1.59. The summed E-state index contributed by atoms with van der Waals surface area (Å²) in [6.45, 7) is 1.60. The van der Waals surface area contributed by atoms with Crippen molar-refractivity contribution in [3.63, 3.8) is 0 Å². The van der Waals surface area contributed by atoms with Crippen molar-refractivity contribution < 1.29 is 19.1 Å². The van der Waals surface area contributed by atoms with E-state index in [1.54, 1.807) is 0 Å². The first kappa shape index (κ1) is 15.9. The summed E-state index contributed by atoms with van der Waals surface area (Å²) in [6, 6.07) is -0.446. The topological polar surface area (TPSA) is 84.5 Å². The predicted molar refractivity (Wildman–Crippen MR) is 85.8 cm³/mol. The molecule has 24 heavy (non-hydrogen) atoms. The molecule has 2 N–H and O–H groups in total. The van der Waals surface area contributed by atoms with Crippen LogP contribution in [0.1, 0.15) is 51.9 Å². The first-order valence-electron chi connectivity index (χ1n) is 9.21. The molecule has 6 heteroatoms. The molecular formula is C18H26N2O4. The minimum Gasteiger partial charge on any atom is -0.455 e. The molecular weight excluding hydrogens is 308 g/mol. The fraction of sp³-hybridized carbons (Fsp3) is 0.833. The van der Waals surface area contributed by atoms with Gasteiger partial charge in [0.15, 0.2) is 6.61 Å². The number of imide groups is 1. The van der Waals surface area contributed by atoms with Gasteiger partial charge in [0.05, 0.1) is 5.92 Å². The van der Waals surface area contributed by atoms with E-state index >= 15 is 0 Å². The van der Waals surface area contributed by atoms with Gasteiger partial charge in [0.2, 0.25) is 0 Å². The van der Waals surface area contributed by atoms with Crippen molar-refractivity contribution in [2.45, 2.75) is 57.4 Å². The molecule has 3 amide bonds. The lowest BCUT2D eigenvalue weighted by Crippen LogP contribution is -2.62. The molecule has 132 valence electrons. The number of hydrogen-bond donors (Lipinski definition) is 2. The number of ether oxygens (including phenoxy) is 1. The molecule has 5 aliphatic rings. The fourth-order valence-corrected chi connectivity index (χ4v) is 5.59. The van der Waals surface area contributed by atoms with E-state index in [4.69, 9.17) is 4.74 Å². The van der Waals surface area contributed by atoms with Crippen LogP contribution in [0.5, 0.6) is 0 Å². The zero-order valence-electron chi connectivity index (χ0n) is 14.2. The van der Waals surface area contributed by atoms with Crippen LogP contribution in [-0.2, 0) is 14.3 Å². The number of nitrogens with one attached hydrogen (secondary N) is 2. The lowest BCUT2D eigenvalue weighted by molar-refractivity contribution is -0.149. The van der Waals surface area contributed by atoms with Gasteiger partial charge in [-0.25, -0.2) is 4.79 Å². The minimum absolute atomic E-state index is 0.0707. The molecule has 0 aromatic rings. The van der Waals surface area contributed by atoms with Gasteiger partial charge in [-0.05, 0) is 68.6 Å². The smallest absolute Gasteiger partial charge is 0.321 e. The number of carbonyl (C=O) groups excluding carboxylic acids is 3. The Kier molecular flexibility index (Phi) is 3.81. The van der Waals surface area contributed by atoms with E-state index < -0.39 is 11.9 Å². The summed E-state index contributed by atoms with van der Waals surface area (Å²) < 4.78 is 4.96. The van der Waals surface area contributed by atoms with Crippen molar-refractivity contribution in [2.24, 2.45) is 29.6 Å². The molecule has 0 spiro atoms. The zero-order valence-corrected chi connectivity index (χ0v) is 14.2. The number of carbonyl (C=O) groups is 3. The van der Waals surface area contributed by atoms with Crippen molar-refractivity contribution in [1.29, 1.82) is 0 Å². The van der Waals surface area contributed by atoms with Crippen molar-refractivity contribution in [2.75, 3.05) is 6.61 Å². The van der Waals surface area contributed by atoms with E-state index in [0.717, 1.165) is 43.4 Å². The summed E-state index contributed by atoms with van der Waals surface area (Å²) in [4.78, 5) is 35.6. The second kappa shape index (κ2) is 5.74. The molecule has 0 unspecified atom stereocenters. The monoisotopic (exact) mass is 334 g/mol. The van der Waals surface area contributed by atoms with E-state index in [-0.39, 0.29) is 24.0 Å². The van der Waals surface area contributed by atoms with Crippen LogP contribution in [-0.4, -0.2) is 30.1 Å². The van der Waals surface area contributed by atoms with Gasteiger partial charge >= 0.3 is 12.0 Å². The summed E-state index contributed by atoms with van der Waals surface area (Å²) in [5, 5.41) is 5.39. The Balaban J connectivity index is 1.24. The standard InChI is InChI=1S/C18H26N2O4/c1-10-2-14(10)16(22)24-9-15(21)19-17(23)20-18-6-11-3-12(7-18)5-13(4-11)8-18/h10-14H,2-9H2,1H3,(H2,19,20,21,23)/t10-,11?,12?,13?,14+,18?/m1/s1. The predicted octanol–water partition coefficient (Wildman–Crippen LogP) is 1.98. The average Bonchev–Trinajstić information content (AvgIpc) is 3.19. The number of hydrogen-bond acceptors (Lipinski definition) is 4. The molecule has 6 nitrogen and oxygen atoms in total. The zero-order chi connectivity index (χ0) is 16.9. The third kappa shape index (κ3) is 3.15. The van der Waals surface area contributed by atoms with Crippen molar-refractivity contribution in [3.8, 4) is 0 Å². The molecule has 0 heterocycles. The third-order valence-electron chi connectivity index (χ3n) is 6.43. The van der Waals surface area contributed by atoms with Gasteiger partial charge in [-0.1, -0.05) is 6.92 Å². The fourth-order valence-electron chi connectivity index (χ4n) is 5.59. The molecule has 5 aliphatic carbocycles. The second-order valence-corrected chi connectivity index (χ2v) is 8.63. The first-order valence-corrected chi connectivity index (χ1v) is 9.21. The maximum absolute atomic E-state index is 12.2. The third-order valence-corrected chi connectivity index (χ3v) is 6.43. The lowest BCUT2D eigenvalue weighted by Gasteiger charge is -2.56. The van der Waals surface area contributed by atoms with Gasteiger partial charge in [0, 0.05) is 5.54 Å². The van der Waals surface area contributed by atoms with Crippen LogP contribution in [0.25, 0.3) is 0 Å². The highest BCUT2D eigenvalue weighted by Gasteiger charge is 2.51. The summed E-state index contributed by atoms with van der Waals surface area (Å²) in [5.41, 5.74) is -0.126. The van der Waals surface area contributed by atoms with Gasteiger partial charge < -0.3 is 10.1 Å². The molecule has 0 aromatic carbocycles. The molecule has 2 atom stereocenters. The summed E-state index contributed by atoms with van der Waals surface area (Å²) in [5.74, 6) is 1.58. The summed E-state index contributed by atoms with van der Waals surface area (Å²) in [6.07, 6.45) is 7.84. The Morgan fingerprint density at radius 2 is 1.54 bits per heavy atom. The van der Waals surface area contributed by atoms with E-state index in [1.165, 1.54) is 19.3 Å². The van der Waals surface area contributed by atoms with Gasteiger partial charge in [0.25, 0.3) is 5.91 Å². The quantitative estimate of drug-likeness (QED) is 0.770.